The first-order valence-electron chi connectivity index (χ1n) is 11.4. The van der Waals surface area contributed by atoms with Crippen LogP contribution in [0.4, 0.5) is 5.69 Å². The molecule has 1 saturated heterocycles. The van der Waals surface area contributed by atoms with Crippen LogP contribution in [0.15, 0.2) is 48.5 Å². The van der Waals surface area contributed by atoms with Crippen molar-refractivity contribution >= 4 is 21.4 Å². The Balaban J connectivity index is 1.78. The molecule has 2 aromatic rings. The zero-order valence-corrected chi connectivity index (χ0v) is 21.4. The molecule has 1 amide bonds. The average molecular weight is 473 g/mol. The van der Waals surface area contributed by atoms with Gasteiger partial charge in [0.2, 0.25) is 0 Å². The van der Waals surface area contributed by atoms with E-state index < -0.39 is 15.9 Å². The van der Waals surface area contributed by atoms with Crippen LogP contribution in [-0.4, -0.2) is 57.0 Å². The fraction of sp³-hybridized carbons (Fsp3) is 0.500. The minimum atomic E-state index is -3.13. The average Bonchev–Trinajstić information content (AvgIpc) is 3.11. The topological polar surface area (TPSA) is 66.9 Å². The molecule has 0 bridgehead atoms. The van der Waals surface area contributed by atoms with Gasteiger partial charge < -0.3 is 14.5 Å². The smallest absolute Gasteiger partial charge is 0.263 e. The number of benzene rings is 2. The number of carbonyl (C=O) groups is 1. The van der Waals surface area contributed by atoms with E-state index in [1.807, 2.05) is 67.5 Å². The summed E-state index contributed by atoms with van der Waals surface area (Å²) in [7, 11) is 0.818. The van der Waals surface area contributed by atoms with Crippen LogP contribution in [0, 0.1) is 0 Å². The van der Waals surface area contributed by atoms with Gasteiger partial charge in [-0.25, -0.2) is 8.42 Å². The standard InChI is InChI=1S/C26H36N2O4S/c1-19(32-24-13-9-21(10-14-24)26(2,3)4)25(29)28(23-15-16-33(30,31)18-23)17-20-7-11-22(12-8-20)27(5)6/h7-14,19,23H,15-18H2,1-6H3. The van der Waals surface area contributed by atoms with Gasteiger partial charge in [-0.3, -0.25) is 4.79 Å². The van der Waals surface area contributed by atoms with Crippen LogP contribution in [0.5, 0.6) is 5.75 Å². The monoisotopic (exact) mass is 472 g/mol. The van der Waals surface area contributed by atoms with Crippen LogP contribution in [0.2, 0.25) is 0 Å². The molecule has 0 N–H and O–H groups in total. The number of anilines is 1. The SMILES string of the molecule is CC(Oc1ccc(C(C)(C)C)cc1)C(=O)N(Cc1ccc(N(C)C)cc1)C1CCS(=O)(=O)C1. The summed E-state index contributed by atoms with van der Waals surface area (Å²) in [5, 5.41) is 0. The molecular weight excluding hydrogens is 436 g/mol. The first kappa shape index (κ1) is 25.1. The lowest BCUT2D eigenvalue weighted by molar-refractivity contribution is -0.140. The summed E-state index contributed by atoms with van der Waals surface area (Å²) < 4.78 is 30.3. The predicted molar refractivity (Wildman–Crippen MR) is 134 cm³/mol. The van der Waals surface area contributed by atoms with Gasteiger partial charge in [0.05, 0.1) is 11.5 Å². The minimum absolute atomic E-state index is 0.00151. The minimum Gasteiger partial charge on any atom is -0.481 e. The van der Waals surface area contributed by atoms with Crippen LogP contribution in [-0.2, 0) is 26.6 Å². The zero-order chi connectivity index (χ0) is 24.4. The number of sulfone groups is 1. The molecule has 1 fully saturated rings. The van der Waals surface area contributed by atoms with E-state index in [0.717, 1.165) is 11.3 Å². The van der Waals surface area contributed by atoms with Gasteiger partial charge in [0.15, 0.2) is 15.9 Å². The number of carbonyl (C=O) groups excluding carboxylic acids is 1. The lowest BCUT2D eigenvalue weighted by Crippen LogP contribution is -2.46. The second kappa shape index (κ2) is 9.75. The van der Waals surface area contributed by atoms with Crippen molar-refractivity contribution in [1.29, 1.82) is 0 Å². The molecule has 33 heavy (non-hydrogen) atoms. The first-order chi connectivity index (χ1) is 15.4. The van der Waals surface area contributed by atoms with Gasteiger partial charge in [0.1, 0.15) is 5.75 Å². The molecule has 2 unspecified atom stereocenters. The van der Waals surface area contributed by atoms with E-state index in [-0.39, 0.29) is 28.9 Å². The largest absolute Gasteiger partial charge is 0.481 e. The van der Waals surface area contributed by atoms with Crippen molar-refractivity contribution in [2.24, 2.45) is 0 Å². The summed E-state index contributed by atoms with van der Waals surface area (Å²) in [6.45, 7) is 8.52. The van der Waals surface area contributed by atoms with Crippen LogP contribution < -0.4 is 9.64 Å². The Kier molecular flexibility index (Phi) is 7.42. The Morgan fingerprint density at radius 2 is 1.67 bits per heavy atom. The molecule has 1 aliphatic heterocycles. The van der Waals surface area contributed by atoms with Crippen LogP contribution in [0.3, 0.4) is 0 Å². The molecule has 0 aromatic heterocycles. The highest BCUT2D eigenvalue weighted by Crippen LogP contribution is 2.26. The predicted octanol–water partition coefficient (Wildman–Crippen LogP) is 4.03. The number of hydrogen-bond donors (Lipinski definition) is 0. The highest BCUT2D eigenvalue weighted by Gasteiger charge is 2.36. The van der Waals surface area contributed by atoms with Crippen molar-refractivity contribution in [3.8, 4) is 5.75 Å². The zero-order valence-electron chi connectivity index (χ0n) is 20.5. The van der Waals surface area contributed by atoms with Crippen LogP contribution in [0.1, 0.15) is 45.2 Å². The number of rotatable bonds is 7. The quantitative estimate of drug-likeness (QED) is 0.609. The highest BCUT2D eigenvalue weighted by molar-refractivity contribution is 7.91. The van der Waals surface area contributed by atoms with E-state index in [4.69, 9.17) is 4.74 Å². The summed E-state index contributed by atoms with van der Waals surface area (Å²) in [6.07, 6.45) is -0.272. The van der Waals surface area contributed by atoms with Crippen LogP contribution in [0.25, 0.3) is 0 Å². The summed E-state index contributed by atoms with van der Waals surface area (Å²) in [6, 6.07) is 15.4. The van der Waals surface area contributed by atoms with E-state index in [2.05, 4.69) is 20.8 Å². The molecule has 1 heterocycles. The van der Waals surface area contributed by atoms with Crippen molar-refractivity contribution < 1.29 is 17.9 Å². The Labute approximate surface area is 198 Å². The molecule has 0 saturated carbocycles. The molecular formula is C26H36N2O4S. The molecule has 3 rings (SSSR count). The maximum Gasteiger partial charge on any atom is 0.263 e. The molecule has 0 radical (unpaired) electrons. The van der Waals surface area contributed by atoms with Gasteiger partial charge in [-0.1, -0.05) is 45.0 Å². The highest BCUT2D eigenvalue weighted by atomic mass is 32.2. The molecule has 0 aliphatic carbocycles. The summed E-state index contributed by atoms with van der Waals surface area (Å²) >= 11 is 0. The third kappa shape index (κ3) is 6.50. The Hall–Kier alpha value is -2.54. The molecule has 0 spiro atoms. The third-order valence-electron chi connectivity index (χ3n) is 6.12. The van der Waals surface area contributed by atoms with Crippen molar-refractivity contribution in [3.05, 3.63) is 59.7 Å². The second-order valence-corrected chi connectivity index (χ2v) is 12.3. The maximum absolute atomic E-state index is 13.4. The fourth-order valence-electron chi connectivity index (χ4n) is 4.03. The van der Waals surface area contributed by atoms with Crippen molar-refractivity contribution in [2.45, 2.75) is 58.2 Å². The van der Waals surface area contributed by atoms with E-state index >= 15 is 0 Å². The van der Waals surface area contributed by atoms with Gasteiger partial charge in [0, 0.05) is 32.4 Å². The molecule has 7 heteroatoms. The van der Waals surface area contributed by atoms with E-state index in [0.29, 0.717) is 18.7 Å². The Bertz CT molecular complexity index is 1050. The third-order valence-corrected chi connectivity index (χ3v) is 7.87. The molecule has 180 valence electrons. The summed E-state index contributed by atoms with van der Waals surface area (Å²) in [4.78, 5) is 17.1. The number of ether oxygens (including phenoxy) is 1. The first-order valence-corrected chi connectivity index (χ1v) is 13.2. The summed E-state index contributed by atoms with van der Waals surface area (Å²) in [5.41, 5.74) is 3.25. The van der Waals surface area contributed by atoms with Crippen molar-refractivity contribution in [3.63, 3.8) is 0 Å². The van der Waals surface area contributed by atoms with Gasteiger partial charge in [0.25, 0.3) is 5.91 Å². The molecule has 2 aromatic carbocycles. The van der Waals surface area contributed by atoms with Gasteiger partial charge in [-0.2, -0.15) is 0 Å². The van der Waals surface area contributed by atoms with Crippen molar-refractivity contribution in [1.82, 2.24) is 4.90 Å². The number of amides is 1. The lowest BCUT2D eigenvalue weighted by Gasteiger charge is -2.31. The van der Waals surface area contributed by atoms with Gasteiger partial charge in [-0.05, 0) is 54.2 Å². The number of nitrogens with zero attached hydrogens (tertiary/aromatic N) is 2. The van der Waals surface area contributed by atoms with Crippen molar-refractivity contribution in [2.75, 3.05) is 30.5 Å². The van der Waals surface area contributed by atoms with Crippen LogP contribution >= 0.6 is 0 Å². The van der Waals surface area contributed by atoms with Gasteiger partial charge in [-0.15, -0.1) is 0 Å². The lowest BCUT2D eigenvalue weighted by atomic mass is 9.87. The van der Waals surface area contributed by atoms with E-state index in [9.17, 15) is 13.2 Å². The van der Waals surface area contributed by atoms with E-state index in [1.54, 1.807) is 11.8 Å². The number of hydrogen-bond acceptors (Lipinski definition) is 5. The Morgan fingerprint density at radius 1 is 1.06 bits per heavy atom. The van der Waals surface area contributed by atoms with E-state index in [1.165, 1.54) is 5.56 Å². The molecule has 1 aliphatic rings. The second-order valence-electron chi connectivity index (χ2n) is 10.1. The Morgan fingerprint density at radius 3 is 2.15 bits per heavy atom. The van der Waals surface area contributed by atoms with Gasteiger partial charge >= 0.3 is 0 Å². The molecule has 2 atom stereocenters. The fourth-order valence-corrected chi connectivity index (χ4v) is 5.76. The maximum atomic E-state index is 13.4. The normalized spacial score (nSPS) is 18.5. The summed E-state index contributed by atoms with van der Waals surface area (Å²) in [5.74, 6) is 0.540. The molecule has 6 nitrogen and oxygen atoms in total.